The number of nitrogens with zero attached hydrogens (tertiary/aromatic N) is 3. The van der Waals surface area contributed by atoms with E-state index in [1.807, 2.05) is 62.4 Å². The fourth-order valence-electron chi connectivity index (χ4n) is 6.52. The monoisotopic (exact) mass is 623 g/mol. The van der Waals surface area contributed by atoms with E-state index in [1.165, 1.54) is 0 Å². The summed E-state index contributed by atoms with van der Waals surface area (Å²) < 4.78 is 19.1. The van der Waals surface area contributed by atoms with Gasteiger partial charge in [0, 0.05) is 17.7 Å². The van der Waals surface area contributed by atoms with E-state index in [0.29, 0.717) is 11.5 Å². The van der Waals surface area contributed by atoms with Crippen molar-refractivity contribution >= 4 is 23.4 Å². The van der Waals surface area contributed by atoms with E-state index in [0.717, 1.165) is 22.4 Å². The second-order valence-corrected chi connectivity index (χ2v) is 12.6. The lowest BCUT2D eigenvalue weighted by Crippen LogP contribution is -2.52. The van der Waals surface area contributed by atoms with Gasteiger partial charge in [-0.3, -0.25) is 9.59 Å². The van der Waals surface area contributed by atoms with E-state index < -0.39 is 41.6 Å². The molecule has 2 aromatic carbocycles. The summed E-state index contributed by atoms with van der Waals surface area (Å²) in [6.07, 6.45) is -1.82. The highest BCUT2D eigenvalue weighted by atomic mass is 16.5. The third kappa shape index (κ3) is 4.32. The van der Waals surface area contributed by atoms with Crippen LogP contribution >= 0.6 is 0 Å². The fraction of sp³-hybridized carbons (Fsp3) is 0.364. The lowest BCUT2D eigenvalue weighted by Gasteiger charge is -2.29. The number of anilines is 2. The van der Waals surface area contributed by atoms with Gasteiger partial charge in [-0.1, -0.05) is 58.0 Å². The van der Waals surface area contributed by atoms with Gasteiger partial charge in [0.25, 0.3) is 5.89 Å². The van der Waals surface area contributed by atoms with Gasteiger partial charge in [-0.2, -0.15) is 10.2 Å². The Bertz CT molecular complexity index is 1920. The van der Waals surface area contributed by atoms with Crippen molar-refractivity contribution in [1.29, 1.82) is 5.26 Å². The standard InChI is InChI=1S/C33H33N7O6/c1-14(2)23-30-40-24(31-37-21(13-34)27(35)46-31)26(45-30)33-17-7-5-6-8-19(17)38-32(33)44-22-10-9-16(11-18(22)33)12-20(28(42)39-23)36-29(43)25(41)15(3)4/h5-11,14-15,20,23,25,32,38,41H,12,35H2,1-4H3,(H,36,43)(H,39,42)/t20-,23-,25-,32?,33?/m0/s1. The predicted octanol–water partition coefficient (Wildman–Crippen LogP) is 3.13. The molecule has 46 heavy (non-hydrogen) atoms. The van der Waals surface area contributed by atoms with Gasteiger partial charge >= 0.3 is 0 Å². The van der Waals surface area contributed by atoms with Crippen LogP contribution in [0.25, 0.3) is 11.6 Å². The summed E-state index contributed by atoms with van der Waals surface area (Å²) >= 11 is 0. The number of nitriles is 1. The molecule has 0 radical (unpaired) electrons. The van der Waals surface area contributed by atoms with Crippen molar-refractivity contribution in [3.05, 3.63) is 76.5 Å². The summed E-state index contributed by atoms with van der Waals surface area (Å²) in [6.45, 7) is 7.26. The van der Waals surface area contributed by atoms with Crippen molar-refractivity contribution < 1.29 is 28.3 Å². The van der Waals surface area contributed by atoms with Crippen molar-refractivity contribution in [2.75, 3.05) is 11.1 Å². The molecule has 0 fully saturated rings. The zero-order valence-electron chi connectivity index (χ0n) is 25.6. The predicted molar refractivity (Wildman–Crippen MR) is 164 cm³/mol. The number of carbonyl (C=O) groups excluding carboxylic acids is 2. The van der Waals surface area contributed by atoms with Gasteiger partial charge in [-0.05, 0) is 35.1 Å². The number of aliphatic hydroxyl groups excluding tert-OH is 1. The summed E-state index contributed by atoms with van der Waals surface area (Å²) in [5.74, 6) is -0.774. The van der Waals surface area contributed by atoms with Gasteiger partial charge < -0.3 is 40.4 Å². The maximum absolute atomic E-state index is 13.9. The van der Waals surface area contributed by atoms with Crippen LogP contribution in [-0.4, -0.2) is 45.3 Å². The van der Waals surface area contributed by atoms with Crippen molar-refractivity contribution in [2.24, 2.45) is 11.8 Å². The molecule has 7 rings (SSSR count). The molecule has 13 heteroatoms. The molecule has 2 amide bonds. The Morgan fingerprint density at radius 2 is 1.91 bits per heavy atom. The van der Waals surface area contributed by atoms with Crippen molar-refractivity contribution in [1.82, 2.24) is 20.6 Å². The topological polar surface area (TPSA) is 202 Å². The van der Waals surface area contributed by atoms with Crippen LogP contribution in [0.1, 0.15) is 67.8 Å². The number of oxazole rings is 2. The first-order valence-electron chi connectivity index (χ1n) is 15.2. The Balaban J connectivity index is 1.49. The number of amides is 2. The molecule has 5 atom stereocenters. The molecule has 6 N–H and O–H groups in total. The van der Waals surface area contributed by atoms with Gasteiger partial charge in [0.05, 0.1) is 0 Å². The quantitative estimate of drug-likeness (QED) is 0.219. The van der Waals surface area contributed by atoms with Crippen molar-refractivity contribution in [3.8, 4) is 23.4 Å². The molecular weight excluding hydrogens is 590 g/mol. The number of nitrogen functional groups attached to an aromatic ring is 1. The molecule has 0 saturated heterocycles. The average Bonchev–Trinajstić information content (AvgIpc) is 3.77. The Labute approximate surface area is 264 Å². The summed E-state index contributed by atoms with van der Waals surface area (Å²) in [5, 5.41) is 29.4. The lowest BCUT2D eigenvalue weighted by atomic mass is 9.72. The number of nitrogens with two attached hydrogens (primary N) is 1. The maximum atomic E-state index is 13.9. The van der Waals surface area contributed by atoms with E-state index in [4.69, 9.17) is 24.3 Å². The molecular formula is C33H33N7O6. The number of rotatable bonds is 5. The molecule has 2 aromatic heterocycles. The molecule has 1 spiro atoms. The minimum Gasteiger partial charge on any atom is -0.469 e. The van der Waals surface area contributed by atoms with Crippen molar-refractivity contribution in [2.45, 2.75) is 63.9 Å². The summed E-state index contributed by atoms with van der Waals surface area (Å²) in [7, 11) is 0. The Morgan fingerprint density at radius 1 is 1.13 bits per heavy atom. The molecule has 0 aliphatic carbocycles. The van der Waals surface area contributed by atoms with Crippen LogP contribution in [0.5, 0.6) is 5.75 Å². The first kappa shape index (κ1) is 29.4. The highest BCUT2D eigenvalue weighted by Gasteiger charge is 2.61. The minimum atomic E-state index is -1.29. The lowest BCUT2D eigenvalue weighted by molar-refractivity contribution is -0.135. The number of aromatic nitrogens is 2. The van der Waals surface area contributed by atoms with E-state index in [-0.39, 0.29) is 47.3 Å². The molecule has 3 aliphatic rings. The summed E-state index contributed by atoms with van der Waals surface area (Å²) in [6, 6.07) is 13.5. The molecule has 4 bridgehead atoms. The van der Waals surface area contributed by atoms with Crippen LogP contribution < -0.4 is 26.4 Å². The first-order chi connectivity index (χ1) is 22.0. The van der Waals surface area contributed by atoms with Gasteiger partial charge in [-0.15, -0.1) is 0 Å². The first-order valence-corrected chi connectivity index (χ1v) is 15.2. The molecule has 236 valence electrons. The number of benzene rings is 2. The highest BCUT2D eigenvalue weighted by Crippen LogP contribution is 2.59. The smallest absolute Gasteiger partial charge is 0.252 e. The number of nitrogens with one attached hydrogen (secondary N) is 3. The number of para-hydroxylation sites is 1. The van der Waals surface area contributed by atoms with Gasteiger partial charge in [-0.25, -0.2) is 4.98 Å². The van der Waals surface area contributed by atoms with E-state index in [2.05, 4.69) is 20.9 Å². The Hall–Kier alpha value is -5.35. The Kier molecular flexibility index (Phi) is 6.79. The van der Waals surface area contributed by atoms with Crippen LogP contribution in [0.2, 0.25) is 0 Å². The largest absolute Gasteiger partial charge is 0.469 e. The van der Waals surface area contributed by atoms with Gasteiger partial charge in [0.2, 0.25) is 29.3 Å². The van der Waals surface area contributed by atoms with E-state index in [1.54, 1.807) is 13.8 Å². The van der Waals surface area contributed by atoms with Crippen LogP contribution in [0.15, 0.2) is 51.3 Å². The van der Waals surface area contributed by atoms with Crippen LogP contribution in [0.4, 0.5) is 11.6 Å². The maximum Gasteiger partial charge on any atom is 0.252 e. The number of hydrogen-bond acceptors (Lipinski definition) is 11. The van der Waals surface area contributed by atoms with Gasteiger partial charge in [0.15, 0.2) is 17.7 Å². The molecule has 4 aromatic rings. The van der Waals surface area contributed by atoms with E-state index in [9.17, 15) is 20.0 Å². The number of carbonyl (C=O) groups is 2. The zero-order valence-corrected chi connectivity index (χ0v) is 25.6. The third-order valence-corrected chi connectivity index (χ3v) is 8.91. The summed E-state index contributed by atoms with van der Waals surface area (Å²) in [5.41, 5.74) is 8.17. The van der Waals surface area contributed by atoms with Crippen LogP contribution in [-0.2, 0) is 21.4 Å². The minimum absolute atomic E-state index is 0.0160. The molecule has 5 heterocycles. The number of fused-ring (bicyclic) bond motifs is 4. The van der Waals surface area contributed by atoms with Crippen LogP contribution in [0.3, 0.4) is 0 Å². The fourth-order valence-corrected chi connectivity index (χ4v) is 6.52. The average molecular weight is 624 g/mol. The number of hydrogen-bond donors (Lipinski definition) is 5. The SMILES string of the molecule is CC(C)[C@H](O)C(=O)N[C@H]1Cc2ccc3c(c2)C2(c4ccccc4NC2O3)c2oc(nc2-c2nc(C#N)c(N)o2)[C@H](C(C)C)NC1=O. The van der Waals surface area contributed by atoms with Crippen LogP contribution in [0, 0.1) is 23.2 Å². The second kappa shape index (κ2) is 10.6. The highest BCUT2D eigenvalue weighted by molar-refractivity contribution is 5.90. The molecule has 0 saturated carbocycles. The number of ether oxygens (including phenoxy) is 1. The second-order valence-electron chi connectivity index (χ2n) is 12.6. The molecule has 3 aliphatic heterocycles. The van der Waals surface area contributed by atoms with E-state index >= 15 is 0 Å². The normalized spacial score (nSPS) is 23.3. The van der Waals surface area contributed by atoms with Gasteiger partial charge in [0.1, 0.15) is 35.4 Å². The zero-order chi connectivity index (χ0) is 32.5. The molecule has 2 unspecified atom stereocenters. The third-order valence-electron chi connectivity index (χ3n) is 8.91. The molecule has 13 nitrogen and oxygen atoms in total. The Morgan fingerprint density at radius 3 is 2.63 bits per heavy atom. The van der Waals surface area contributed by atoms with Crippen molar-refractivity contribution in [3.63, 3.8) is 0 Å². The number of aliphatic hydroxyl groups is 1. The summed E-state index contributed by atoms with van der Waals surface area (Å²) in [4.78, 5) is 36.1.